The molecule has 146 valence electrons. The zero-order valence-electron chi connectivity index (χ0n) is 16.7. The maximum absolute atomic E-state index is 11.5. The van der Waals surface area contributed by atoms with Crippen LogP contribution in [-0.4, -0.2) is 18.4 Å². The number of esters is 1. The maximum Gasteiger partial charge on any atom is 0.306 e. The smallest absolute Gasteiger partial charge is 0.306 e. The van der Waals surface area contributed by atoms with Crippen molar-refractivity contribution in [3.8, 4) is 0 Å². The first kappa shape index (κ1) is 22.2. The van der Waals surface area contributed by atoms with E-state index in [0.717, 1.165) is 19.4 Å². The molecule has 0 bridgehead atoms. The minimum Gasteiger partial charge on any atom is -0.461 e. The van der Waals surface area contributed by atoms with Gasteiger partial charge in [-0.2, -0.15) is 0 Å². The van der Waals surface area contributed by atoms with Gasteiger partial charge in [-0.1, -0.05) is 64.3 Å². The number of ether oxygens (including phenoxy) is 1. The quantitative estimate of drug-likeness (QED) is 0.585. The lowest BCUT2D eigenvalue weighted by molar-refractivity contribution is -0.145. The van der Waals surface area contributed by atoms with Crippen LogP contribution in [0.15, 0.2) is 24.3 Å². The summed E-state index contributed by atoms with van der Waals surface area (Å²) in [6, 6.07) is 8.44. The minimum absolute atomic E-state index is 0.0825. The lowest BCUT2D eigenvalue weighted by Gasteiger charge is -2.24. The molecule has 0 aromatic heterocycles. The third kappa shape index (κ3) is 8.03. The van der Waals surface area contributed by atoms with Crippen molar-refractivity contribution < 1.29 is 14.3 Å². The van der Waals surface area contributed by atoms with Crippen LogP contribution < -0.4 is 5.32 Å². The summed E-state index contributed by atoms with van der Waals surface area (Å²) in [5.41, 5.74) is 2.59. The van der Waals surface area contributed by atoms with Crippen molar-refractivity contribution in [2.24, 2.45) is 0 Å². The van der Waals surface area contributed by atoms with Gasteiger partial charge in [0, 0.05) is 19.4 Å². The fourth-order valence-electron chi connectivity index (χ4n) is 3.14. The highest BCUT2D eigenvalue weighted by atomic mass is 16.5. The van der Waals surface area contributed by atoms with Crippen molar-refractivity contribution in [2.75, 3.05) is 6.54 Å². The molecule has 1 saturated heterocycles. The highest BCUT2D eigenvalue weighted by Gasteiger charge is 2.18. The van der Waals surface area contributed by atoms with Crippen molar-refractivity contribution in [1.82, 2.24) is 5.32 Å². The zero-order chi connectivity index (χ0) is 19.2. The Morgan fingerprint density at radius 1 is 1.15 bits per heavy atom. The summed E-state index contributed by atoms with van der Waals surface area (Å²) in [7, 11) is 0. The molecule has 4 nitrogen and oxygen atoms in total. The Hall–Kier alpha value is -1.84. The molecule has 1 aliphatic heterocycles. The Labute approximate surface area is 158 Å². The van der Waals surface area contributed by atoms with Gasteiger partial charge in [-0.15, -0.1) is 0 Å². The molecule has 1 N–H and O–H groups in total. The summed E-state index contributed by atoms with van der Waals surface area (Å²) in [5.74, 6) is 0.765. The molecular weight excluding hydrogens is 326 g/mol. The van der Waals surface area contributed by atoms with E-state index in [1.807, 2.05) is 26.8 Å². The molecule has 1 aromatic rings. The number of rotatable bonds is 5. The Bertz CT molecular complexity index is 530. The van der Waals surface area contributed by atoms with Crippen LogP contribution in [0.3, 0.4) is 0 Å². The lowest BCUT2D eigenvalue weighted by atomic mass is 9.82. The number of hydrogen-bond donors (Lipinski definition) is 1. The van der Waals surface area contributed by atoms with Crippen LogP contribution >= 0.6 is 0 Å². The van der Waals surface area contributed by atoms with Gasteiger partial charge < -0.3 is 10.1 Å². The van der Waals surface area contributed by atoms with E-state index in [-0.39, 0.29) is 11.9 Å². The van der Waals surface area contributed by atoms with Gasteiger partial charge in [-0.25, -0.2) is 0 Å². The number of β-lactam (4-membered cyclic amide) rings is 1. The van der Waals surface area contributed by atoms with Crippen molar-refractivity contribution in [2.45, 2.75) is 84.7 Å². The van der Waals surface area contributed by atoms with Gasteiger partial charge in [0.15, 0.2) is 0 Å². The molecular formula is C22H35NO3. The number of benzene rings is 1. The third-order valence-corrected chi connectivity index (χ3v) is 4.62. The summed E-state index contributed by atoms with van der Waals surface area (Å²) < 4.78 is 5.36. The van der Waals surface area contributed by atoms with Gasteiger partial charge in [-0.05, 0) is 36.3 Å². The van der Waals surface area contributed by atoms with Crippen molar-refractivity contribution in [3.63, 3.8) is 0 Å². The fourth-order valence-corrected chi connectivity index (χ4v) is 3.14. The van der Waals surface area contributed by atoms with E-state index >= 15 is 0 Å². The van der Waals surface area contributed by atoms with E-state index in [2.05, 4.69) is 23.5 Å². The second kappa shape index (κ2) is 13.4. The molecule has 1 heterocycles. The fraction of sp³-hybridized carbons (Fsp3) is 0.636. The molecule has 2 aliphatic rings. The van der Waals surface area contributed by atoms with Crippen molar-refractivity contribution >= 4 is 11.9 Å². The van der Waals surface area contributed by atoms with E-state index < -0.39 is 0 Å². The molecule has 1 saturated carbocycles. The Balaban J connectivity index is 0.000000408. The van der Waals surface area contributed by atoms with Crippen LogP contribution in [-0.2, 0) is 20.9 Å². The van der Waals surface area contributed by atoms with E-state index in [1.54, 1.807) is 0 Å². The topological polar surface area (TPSA) is 55.4 Å². The lowest BCUT2D eigenvalue weighted by Crippen LogP contribution is -2.37. The van der Waals surface area contributed by atoms with Crippen LogP contribution in [0.1, 0.15) is 89.2 Å². The second-order valence-corrected chi connectivity index (χ2v) is 6.54. The molecule has 0 atom stereocenters. The van der Waals surface area contributed by atoms with E-state index in [0.29, 0.717) is 18.9 Å². The SMILES string of the molecule is CC.CCCC(=O)OCc1ccccc1C1CCCCC1.O=C1CCN1. The van der Waals surface area contributed by atoms with Gasteiger partial charge in [0.05, 0.1) is 0 Å². The molecule has 1 aromatic carbocycles. The molecule has 2 fully saturated rings. The molecule has 3 rings (SSSR count). The normalized spacial score (nSPS) is 16.0. The molecule has 4 heteroatoms. The Morgan fingerprint density at radius 2 is 1.77 bits per heavy atom. The summed E-state index contributed by atoms with van der Waals surface area (Å²) in [6.45, 7) is 7.32. The predicted molar refractivity (Wildman–Crippen MR) is 106 cm³/mol. The molecule has 0 radical (unpaired) electrons. The predicted octanol–water partition coefficient (Wildman–Crippen LogP) is 5.11. The largest absolute Gasteiger partial charge is 0.461 e. The number of hydrogen-bond acceptors (Lipinski definition) is 3. The first-order valence-electron chi connectivity index (χ1n) is 10.2. The average molecular weight is 362 g/mol. The van der Waals surface area contributed by atoms with Crippen LogP contribution in [0.2, 0.25) is 0 Å². The van der Waals surface area contributed by atoms with E-state index in [1.165, 1.54) is 43.2 Å². The average Bonchev–Trinajstić information content (AvgIpc) is 2.68. The molecule has 0 unspecified atom stereocenters. The van der Waals surface area contributed by atoms with Crippen molar-refractivity contribution in [3.05, 3.63) is 35.4 Å². The number of amides is 1. The monoisotopic (exact) mass is 361 g/mol. The first-order valence-corrected chi connectivity index (χ1v) is 10.2. The molecule has 0 spiro atoms. The summed E-state index contributed by atoms with van der Waals surface area (Å²) in [4.78, 5) is 21.3. The van der Waals surface area contributed by atoms with Gasteiger partial charge in [0.25, 0.3) is 0 Å². The van der Waals surface area contributed by atoms with Crippen LogP contribution in [0, 0.1) is 0 Å². The van der Waals surface area contributed by atoms with Crippen LogP contribution in [0.4, 0.5) is 0 Å². The van der Waals surface area contributed by atoms with Gasteiger partial charge in [-0.3, -0.25) is 9.59 Å². The number of carbonyl (C=O) groups excluding carboxylic acids is 2. The number of carbonyl (C=O) groups is 2. The molecule has 1 aliphatic carbocycles. The highest BCUT2D eigenvalue weighted by Crippen LogP contribution is 2.34. The number of nitrogens with one attached hydrogen (secondary N) is 1. The summed E-state index contributed by atoms with van der Waals surface area (Å²) in [6.07, 6.45) is 8.68. The van der Waals surface area contributed by atoms with E-state index in [9.17, 15) is 9.59 Å². The first-order chi connectivity index (χ1) is 12.7. The zero-order valence-corrected chi connectivity index (χ0v) is 16.7. The molecule has 1 amide bonds. The van der Waals surface area contributed by atoms with Gasteiger partial charge in [0.1, 0.15) is 6.61 Å². The highest BCUT2D eigenvalue weighted by molar-refractivity contribution is 5.81. The second-order valence-electron chi connectivity index (χ2n) is 6.54. The Kier molecular flexibility index (Phi) is 11.4. The van der Waals surface area contributed by atoms with Crippen molar-refractivity contribution in [1.29, 1.82) is 0 Å². The molecule has 26 heavy (non-hydrogen) atoms. The summed E-state index contributed by atoms with van der Waals surface area (Å²) >= 11 is 0. The van der Waals surface area contributed by atoms with Crippen LogP contribution in [0.5, 0.6) is 0 Å². The maximum atomic E-state index is 11.5. The van der Waals surface area contributed by atoms with Gasteiger partial charge >= 0.3 is 5.97 Å². The standard InChI is InChI=1S/C17H24O2.C3H5NO.C2H6/c1-2-8-17(18)19-13-15-11-6-7-12-16(15)14-9-4-3-5-10-14;5-3-1-2-4-3;1-2/h6-7,11-12,14H,2-5,8-10,13H2,1H3;1-2H2,(H,4,5);1-2H3. The summed E-state index contributed by atoms with van der Waals surface area (Å²) in [5, 5.41) is 2.57. The van der Waals surface area contributed by atoms with Crippen LogP contribution in [0.25, 0.3) is 0 Å². The minimum atomic E-state index is -0.0825. The third-order valence-electron chi connectivity index (χ3n) is 4.62. The Morgan fingerprint density at radius 3 is 2.31 bits per heavy atom. The van der Waals surface area contributed by atoms with E-state index in [4.69, 9.17) is 4.74 Å². The van der Waals surface area contributed by atoms with Gasteiger partial charge in [0.2, 0.25) is 5.91 Å².